The Kier molecular flexibility index (Phi) is 3.98. The molecule has 86 valence electrons. The van der Waals surface area contributed by atoms with Crippen molar-refractivity contribution in [3.05, 3.63) is 30.6 Å². The van der Waals surface area contributed by atoms with Crippen molar-refractivity contribution in [2.45, 2.75) is 4.90 Å². The summed E-state index contributed by atoms with van der Waals surface area (Å²) in [7, 11) is -3.72. The van der Waals surface area contributed by atoms with Crippen LogP contribution in [0.3, 0.4) is 0 Å². The lowest BCUT2D eigenvalue weighted by Gasteiger charge is -2.03. The van der Waals surface area contributed by atoms with E-state index in [0.29, 0.717) is 10.6 Å². The molecule has 0 saturated carbocycles. The van der Waals surface area contributed by atoms with E-state index in [1.807, 2.05) is 0 Å². The maximum atomic E-state index is 11.3. The van der Waals surface area contributed by atoms with Crippen LogP contribution in [0.4, 0.5) is 0 Å². The predicted molar refractivity (Wildman–Crippen MR) is 64.0 cm³/mol. The van der Waals surface area contributed by atoms with Crippen molar-refractivity contribution >= 4 is 34.0 Å². The third kappa shape index (κ3) is 2.56. The Labute approximate surface area is 103 Å². The number of benzene rings is 1. The summed E-state index contributed by atoms with van der Waals surface area (Å²) in [4.78, 5) is 4.02. The molecule has 0 bridgehead atoms. The highest BCUT2D eigenvalue weighted by molar-refractivity contribution is 7.89. The molecule has 0 aliphatic rings. The molecule has 0 amide bonds. The largest absolute Gasteiger partial charge is 0.238 e. The monoisotopic (exact) mass is 277 g/mol. The minimum absolute atomic E-state index is 0. The van der Waals surface area contributed by atoms with Gasteiger partial charge < -0.3 is 0 Å². The molecule has 2 aromatic rings. The lowest BCUT2D eigenvalue weighted by Crippen LogP contribution is -2.13. The third-order valence-electron chi connectivity index (χ3n) is 1.79. The second-order valence-corrected chi connectivity index (χ2v) is 5.10. The zero-order valence-electron chi connectivity index (χ0n) is 7.90. The van der Waals surface area contributed by atoms with Crippen molar-refractivity contribution in [2.75, 3.05) is 0 Å². The molecular weight excluding hydrogens is 270 g/mol. The molecule has 2 rings (SSSR count). The molecule has 5 nitrogen and oxygen atoms in total. The number of aromatic nitrogens is 2. The number of nitrogens with two attached hydrogens (primary N) is 1. The van der Waals surface area contributed by atoms with Gasteiger partial charge in [0, 0.05) is 5.56 Å². The summed E-state index contributed by atoms with van der Waals surface area (Å²) in [6.45, 7) is 0. The van der Waals surface area contributed by atoms with Crippen LogP contribution < -0.4 is 5.14 Å². The summed E-state index contributed by atoms with van der Waals surface area (Å²) in [5, 5.41) is 5.63. The van der Waals surface area contributed by atoms with Crippen molar-refractivity contribution in [1.82, 2.24) is 9.36 Å². The van der Waals surface area contributed by atoms with E-state index in [4.69, 9.17) is 5.14 Å². The van der Waals surface area contributed by atoms with Gasteiger partial charge in [-0.2, -0.15) is 4.37 Å². The van der Waals surface area contributed by atoms with Crippen LogP contribution in [-0.2, 0) is 10.0 Å². The maximum Gasteiger partial charge on any atom is 0.238 e. The van der Waals surface area contributed by atoms with Gasteiger partial charge in [-0.05, 0) is 17.6 Å². The Bertz CT molecular complexity index is 569. The van der Waals surface area contributed by atoms with E-state index < -0.39 is 10.0 Å². The van der Waals surface area contributed by atoms with Crippen LogP contribution in [0.1, 0.15) is 0 Å². The van der Waals surface area contributed by atoms with Crippen LogP contribution in [0.5, 0.6) is 0 Å². The Morgan fingerprint density at radius 2 is 1.94 bits per heavy atom. The minimum atomic E-state index is -3.72. The van der Waals surface area contributed by atoms with Crippen LogP contribution in [0.25, 0.3) is 10.6 Å². The fourth-order valence-corrected chi connectivity index (χ4v) is 2.55. The number of hydrogen-bond acceptors (Lipinski definition) is 5. The van der Waals surface area contributed by atoms with Gasteiger partial charge in [0.25, 0.3) is 0 Å². The highest BCUT2D eigenvalue weighted by atomic mass is 35.5. The van der Waals surface area contributed by atoms with Crippen LogP contribution in [0, 0.1) is 0 Å². The molecule has 1 aromatic heterocycles. The maximum absolute atomic E-state index is 11.3. The number of hydrogen-bond donors (Lipinski definition) is 1. The molecule has 8 heteroatoms. The standard InChI is InChI=1S/C8H7N3O2S2.ClH/c9-15(12,13)7-4-2-1-3-6(7)8-10-5-11-14-8;/h1-5H,(H2,9,12,13);1H. The summed E-state index contributed by atoms with van der Waals surface area (Å²) in [6.07, 6.45) is 1.37. The van der Waals surface area contributed by atoms with Gasteiger partial charge in [-0.1, -0.05) is 18.2 Å². The van der Waals surface area contributed by atoms with E-state index in [-0.39, 0.29) is 17.3 Å². The first kappa shape index (κ1) is 13.0. The normalized spacial score (nSPS) is 10.8. The zero-order chi connectivity index (χ0) is 10.9. The van der Waals surface area contributed by atoms with Crippen LogP contribution in [0.15, 0.2) is 35.5 Å². The molecule has 0 unspecified atom stereocenters. The van der Waals surface area contributed by atoms with Crippen LogP contribution in [-0.4, -0.2) is 17.8 Å². The van der Waals surface area contributed by atoms with Gasteiger partial charge in [-0.15, -0.1) is 12.4 Å². The molecule has 0 saturated heterocycles. The molecule has 0 aliphatic heterocycles. The SMILES string of the molecule is Cl.NS(=O)(=O)c1ccccc1-c1ncns1. The molecule has 0 spiro atoms. The second kappa shape index (κ2) is 4.88. The molecule has 2 N–H and O–H groups in total. The van der Waals surface area contributed by atoms with Gasteiger partial charge in [-0.25, -0.2) is 18.5 Å². The first-order valence-corrected chi connectivity index (χ1v) is 6.30. The van der Waals surface area contributed by atoms with Crippen molar-refractivity contribution in [1.29, 1.82) is 0 Å². The summed E-state index contributed by atoms with van der Waals surface area (Å²) < 4.78 is 26.4. The summed E-state index contributed by atoms with van der Waals surface area (Å²) in [6, 6.07) is 6.45. The van der Waals surface area contributed by atoms with E-state index in [1.54, 1.807) is 18.2 Å². The Balaban J connectivity index is 0.00000128. The van der Waals surface area contributed by atoms with Crippen LogP contribution >= 0.6 is 23.9 Å². The van der Waals surface area contributed by atoms with Gasteiger partial charge in [0.05, 0.1) is 4.90 Å². The molecular formula is C8H8ClN3O2S2. The Morgan fingerprint density at radius 3 is 2.50 bits per heavy atom. The van der Waals surface area contributed by atoms with Crippen LogP contribution in [0.2, 0.25) is 0 Å². The summed E-state index contributed by atoms with van der Waals surface area (Å²) >= 11 is 1.13. The van der Waals surface area contributed by atoms with Gasteiger partial charge in [0.1, 0.15) is 11.3 Å². The molecule has 16 heavy (non-hydrogen) atoms. The third-order valence-corrected chi connectivity index (χ3v) is 3.45. The predicted octanol–water partition coefficient (Wildman–Crippen LogP) is 1.27. The fourth-order valence-electron chi connectivity index (χ4n) is 1.18. The summed E-state index contributed by atoms with van der Waals surface area (Å²) in [5.74, 6) is 0. The fraction of sp³-hybridized carbons (Fsp3) is 0. The van der Waals surface area contributed by atoms with Gasteiger partial charge in [0.15, 0.2) is 0 Å². The van der Waals surface area contributed by atoms with Crippen molar-refractivity contribution in [3.63, 3.8) is 0 Å². The lowest BCUT2D eigenvalue weighted by atomic mass is 10.2. The van der Waals surface area contributed by atoms with E-state index in [2.05, 4.69) is 9.36 Å². The number of rotatable bonds is 2. The van der Waals surface area contributed by atoms with Gasteiger partial charge in [-0.3, -0.25) is 0 Å². The van der Waals surface area contributed by atoms with Gasteiger partial charge in [0.2, 0.25) is 10.0 Å². The Morgan fingerprint density at radius 1 is 1.25 bits per heavy atom. The zero-order valence-corrected chi connectivity index (χ0v) is 10.3. The molecule has 0 radical (unpaired) electrons. The number of nitrogens with zero attached hydrogens (tertiary/aromatic N) is 2. The molecule has 0 aliphatic carbocycles. The van der Waals surface area contributed by atoms with E-state index >= 15 is 0 Å². The minimum Gasteiger partial charge on any atom is -0.225 e. The second-order valence-electron chi connectivity index (χ2n) is 2.79. The highest BCUT2D eigenvalue weighted by Gasteiger charge is 2.15. The Hall–Kier alpha value is -1.02. The first-order chi connectivity index (χ1) is 7.09. The summed E-state index contributed by atoms with van der Waals surface area (Å²) in [5.41, 5.74) is 0.488. The highest BCUT2D eigenvalue weighted by Crippen LogP contribution is 2.26. The molecule has 0 atom stereocenters. The molecule has 0 fully saturated rings. The lowest BCUT2D eigenvalue weighted by molar-refractivity contribution is 0.598. The quantitative estimate of drug-likeness (QED) is 0.896. The average molecular weight is 278 g/mol. The molecule has 1 heterocycles. The topological polar surface area (TPSA) is 85.9 Å². The van der Waals surface area contributed by atoms with E-state index in [1.165, 1.54) is 12.4 Å². The van der Waals surface area contributed by atoms with Crippen molar-refractivity contribution < 1.29 is 8.42 Å². The first-order valence-electron chi connectivity index (χ1n) is 3.98. The molecule has 1 aromatic carbocycles. The smallest absolute Gasteiger partial charge is 0.225 e. The van der Waals surface area contributed by atoms with Crippen molar-refractivity contribution in [2.24, 2.45) is 5.14 Å². The van der Waals surface area contributed by atoms with Crippen molar-refractivity contribution in [3.8, 4) is 10.6 Å². The number of primary sulfonamides is 1. The van der Waals surface area contributed by atoms with E-state index in [0.717, 1.165) is 11.5 Å². The van der Waals surface area contributed by atoms with Gasteiger partial charge >= 0.3 is 0 Å². The number of halogens is 1. The average Bonchev–Trinajstić information content (AvgIpc) is 2.69. The number of sulfonamides is 1. The van der Waals surface area contributed by atoms with E-state index in [9.17, 15) is 8.42 Å².